The molecule has 0 bridgehead atoms. The SMILES string of the molecule is Cc1cc(Nc2ccc3c(n2)c(O[C@H]2CC[C@H](C(=O)OC(C)(C)C)CC2)nn3C)c(N2CCCC2)cc1I. The summed E-state index contributed by atoms with van der Waals surface area (Å²) in [6, 6.07) is 8.53. The molecule has 204 valence electrons. The Labute approximate surface area is 238 Å². The van der Waals surface area contributed by atoms with Crippen molar-refractivity contribution in [3.63, 3.8) is 0 Å². The van der Waals surface area contributed by atoms with Crippen molar-refractivity contribution in [2.75, 3.05) is 23.3 Å². The number of fused-ring (bicyclic) bond motifs is 1. The fourth-order valence-electron chi connectivity index (χ4n) is 5.34. The number of nitrogens with zero attached hydrogens (tertiary/aromatic N) is 4. The van der Waals surface area contributed by atoms with Crippen LogP contribution in [-0.2, 0) is 16.6 Å². The number of aromatic nitrogens is 3. The largest absolute Gasteiger partial charge is 0.472 e. The van der Waals surface area contributed by atoms with E-state index in [1.807, 2.05) is 44.6 Å². The van der Waals surface area contributed by atoms with Crippen molar-refractivity contribution in [2.24, 2.45) is 13.0 Å². The summed E-state index contributed by atoms with van der Waals surface area (Å²) in [5, 5.41) is 8.23. The van der Waals surface area contributed by atoms with Crippen LogP contribution in [0.4, 0.5) is 17.2 Å². The van der Waals surface area contributed by atoms with Crippen molar-refractivity contribution in [3.8, 4) is 5.88 Å². The summed E-state index contributed by atoms with van der Waals surface area (Å²) in [5.74, 6) is 1.15. The number of ether oxygens (including phenoxy) is 2. The van der Waals surface area contributed by atoms with E-state index >= 15 is 0 Å². The molecule has 38 heavy (non-hydrogen) atoms. The van der Waals surface area contributed by atoms with Crippen LogP contribution < -0.4 is 15.0 Å². The van der Waals surface area contributed by atoms with E-state index in [4.69, 9.17) is 14.5 Å². The fraction of sp³-hybridized carbons (Fsp3) is 0.552. The Morgan fingerprint density at radius 3 is 2.50 bits per heavy atom. The van der Waals surface area contributed by atoms with Crippen LogP contribution in [0.25, 0.3) is 11.0 Å². The predicted octanol–water partition coefficient (Wildman–Crippen LogP) is 6.50. The van der Waals surface area contributed by atoms with Gasteiger partial charge in [0, 0.05) is 23.7 Å². The van der Waals surface area contributed by atoms with E-state index in [1.54, 1.807) is 0 Å². The van der Waals surface area contributed by atoms with Gasteiger partial charge in [0.1, 0.15) is 17.5 Å². The van der Waals surface area contributed by atoms with E-state index in [0.717, 1.165) is 61.3 Å². The summed E-state index contributed by atoms with van der Waals surface area (Å²) in [5.41, 5.74) is 4.75. The van der Waals surface area contributed by atoms with Crippen molar-refractivity contribution in [1.82, 2.24) is 14.8 Å². The Hall–Kier alpha value is -2.56. The zero-order valence-electron chi connectivity index (χ0n) is 23.0. The van der Waals surface area contributed by atoms with Crippen molar-refractivity contribution >= 4 is 56.8 Å². The van der Waals surface area contributed by atoms with Crippen LogP contribution in [-0.4, -0.2) is 45.5 Å². The highest BCUT2D eigenvalue weighted by atomic mass is 127. The average Bonchev–Trinajstić information content (AvgIpc) is 3.49. The Bertz CT molecular complexity index is 1320. The number of hydrogen-bond acceptors (Lipinski definition) is 7. The summed E-state index contributed by atoms with van der Waals surface area (Å²) < 4.78 is 15.1. The highest BCUT2D eigenvalue weighted by Gasteiger charge is 2.31. The van der Waals surface area contributed by atoms with E-state index in [0.29, 0.717) is 5.88 Å². The van der Waals surface area contributed by atoms with E-state index in [1.165, 1.54) is 27.7 Å². The van der Waals surface area contributed by atoms with Gasteiger partial charge in [0.25, 0.3) is 5.88 Å². The maximum Gasteiger partial charge on any atom is 0.309 e. The first kappa shape index (κ1) is 27.0. The number of carbonyl (C=O) groups is 1. The molecule has 5 rings (SSSR count). The van der Waals surface area contributed by atoms with E-state index in [-0.39, 0.29) is 18.0 Å². The lowest BCUT2D eigenvalue weighted by atomic mass is 9.87. The van der Waals surface area contributed by atoms with Gasteiger partial charge in [0.15, 0.2) is 5.52 Å². The van der Waals surface area contributed by atoms with Gasteiger partial charge in [-0.1, -0.05) is 0 Å². The molecule has 2 aromatic heterocycles. The van der Waals surface area contributed by atoms with Gasteiger partial charge in [-0.05, 0) is 119 Å². The van der Waals surface area contributed by atoms with Gasteiger partial charge in [-0.25, -0.2) is 4.98 Å². The highest BCUT2D eigenvalue weighted by molar-refractivity contribution is 14.1. The molecule has 2 fully saturated rings. The van der Waals surface area contributed by atoms with Gasteiger partial charge in [-0.15, -0.1) is 5.10 Å². The number of carbonyl (C=O) groups excluding carboxylic acids is 1. The number of nitrogens with one attached hydrogen (secondary N) is 1. The summed E-state index contributed by atoms with van der Waals surface area (Å²) in [6.45, 7) is 10.0. The number of halogens is 1. The first-order chi connectivity index (χ1) is 18.1. The number of hydrogen-bond donors (Lipinski definition) is 1. The maximum absolute atomic E-state index is 12.5. The van der Waals surface area contributed by atoms with Crippen LogP contribution in [0.15, 0.2) is 24.3 Å². The summed E-state index contributed by atoms with van der Waals surface area (Å²) in [6.07, 6.45) is 5.56. The average molecular weight is 632 g/mol. The van der Waals surface area contributed by atoms with Gasteiger partial charge in [-0.2, -0.15) is 0 Å². The van der Waals surface area contributed by atoms with Crippen molar-refractivity contribution < 1.29 is 14.3 Å². The molecule has 3 heterocycles. The minimum atomic E-state index is -0.457. The Morgan fingerprint density at radius 2 is 1.82 bits per heavy atom. The quantitative estimate of drug-likeness (QED) is 0.246. The van der Waals surface area contributed by atoms with E-state index in [9.17, 15) is 4.79 Å². The van der Waals surface area contributed by atoms with Crippen LogP contribution in [0.1, 0.15) is 64.9 Å². The molecule has 0 spiro atoms. The Balaban J connectivity index is 1.33. The molecule has 1 N–H and O–H groups in total. The molecule has 9 heteroatoms. The van der Waals surface area contributed by atoms with Gasteiger partial charge in [-0.3, -0.25) is 9.48 Å². The molecule has 1 aliphatic carbocycles. The van der Waals surface area contributed by atoms with Gasteiger partial charge < -0.3 is 19.7 Å². The minimum Gasteiger partial charge on any atom is -0.472 e. The van der Waals surface area contributed by atoms with E-state index in [2.05, 4.69) is 57.0 Å². The first-order valence-electron chi connectivity index (χ1n) is 13.6. The summed E-state index contributed by atoms with van der Waals surface area (Å²) >= 11 is 2.42. The Kier molecular flexibility index (Phi) is 7.75. The molecular formula is C29H38IN5O3. The molecule has 3 aromatic rings. The second kappa shape index (κ2) is 10.9. The van der Waals surface area contributed by atoms with Crippen LogP contribution >= 0.6 is 22.6 Å². The maximum atomic E-state index is 12.5. The minimum absolute atomic E-state index is 0.00539. The lowest BCUT2D eigenvalue weighted by Gasteiger charge is -2.29. The van der Waals surface area contributed by atoms with Crippen LogP contribution in [0.3, 0.4) is 0 Å². The molecule has 2 aliphatic rings. The molecule has 0 radical (unpaired) electrons. The number of anilines is 3. The predicted molar refractivity (Wildman–Crippen MR) is 159 cm³/mol. The van der Waals surface area contributed by atoms with Gasteiger partial charge >= 0.3 is 5.97 Å². The van der Waals surface area contributed by atoms with Crippen molar-refractivity contribution in [2.45, 2.75) is 77.9 Å². The molecular weight excluding hydrogens is 593 g/mol. The van der Waals surface area contributed by atoms with Crippen LogP contribution in [0, 0.1) is 16.4 Å². The van der Waals surface area contributed by atoms with Gasteiger partial charge in [0.2, 0.25) is 0 Å². The fourth-order valence-corrected chi connectivity index (χ4v) is 5.80. The molecule has 0 unspecified atom stereocenters. The molecule has 1 saturated heterocycles. The van der Waals surface area contributed by atoms with E-state index < -0.39 is 5.60 Å². The molecule has 0 amide bonds. The van der Waals surface area contributed by atoms with Gasteiger partial charge in [0.05, 0.1) is 22.8 Å². The number of esters is 1. The summed E-state index contributed by atoms with van der Waals surface area (Å²) in [4.78, 5) is 19.9. The normalized spacial score (nSPS) is 20.1. The van der Waals surface area contributed by atoms with Crippen LogP contribution in [0.2, 0.25) is 0 Å². The van der Waals surface area contributed by atoms with Crippen molar-refractivity contribution in [1.29, 1.82) is 0 Å². The second-order valence-corrected chi connectivity index (χ2v) is 12.7. The zero-order valence-corrected chi connectivity index (χ0v) is 25.2. The number of benzene rings is 1. The highest BCUT2D eigenvalue weighted by Crippen LogP contribution is 2.36. The number of rotatable bonds is 6. The van der Waals surface area contributed by atoms with Crippen molar-refractivity contribution in [3.05, 3.63) is 33.4 Å². The second-order valence-electron chi connectivity index (χ2n) is 11.6. The third-order valence-electron chi connectivity index (χ3n) is 7.35. The topological polar surface area (TPSA) is 81.5 Å². The molecule has 8 nitrogen and oxygen atoms in total. The number of aryl methyl sites for hydroxylation is 2. The number of pyridine rings is 1. The Morgan fingerprint density at radius 1 is 1.11 bits per heavy atom. The third-order valence-corrected chi connectivity index (χ3v) is 8.51. The zero-order chi connectivity index (χ0) is 27.0. The first-order valence-corrected chi connectivity index (χ1v) is 14.7. The lowest BCUT2D eigenvalue weighted by Crippen LogP contribution is -2.33. The molecule has 1 aromatic carbocycles. The molecule has 1 aliphatic heterocycles. The lowest BCUT2D eigenvalue weighted by molar-refractivity contribution is -0.161. The third kappa shape index (κ3) is 6.02. The monoisotopic (exact) mass is 631 g/mol. The smallest absolute Gasteiger partial charge is 0.309 e. The standard InChI is InChI=1S/C29H38IN5O3/c1-18-16-22(24(17-21(18)30)35-14-6-7-15-35)31-25-13-12-23-26(32-25)27(33-34(23)5)37-20-10-8-19(9-11-20)28(36)38-29(2,3)4/h12-13,16-17,19-20H,6-11,14-15H2,1-5H3,(H,31,32)/t19-,20-. The molecule has 0 atom stereocenters. The molecule has 1 saturated carbocycles. The van der Waals surface area contributed by atoms with Crippen LogP contribution in [0.5, 0.6) is 5.88 Å². The summed E-state index contributed by atoms with van der Waals surface area (Å²) in [7, 11) is 1.91.